The third-order valence-electron chi connectivity index (χ3n) is 3.85. The van der Waals surface area contributed by atoms with Crippen LogP contribution in [-0.4, -0.2) is 9.97 Å². The van der Waals surface area contributed by atoms with Gasteiger partial charge in [-0.3, -0.25) is 0 Å². The minimum absolute atomic E-state index is 0.285. The maximum Gasteiger partial charge on any atom is 0.225 e. The highest BCUT2D eigenvalue weighted by atomic mass is 35.5. The molecule has 0 unspecified atom stereocenters. The molecule has 2 aromatic heterocycles. The molecule has 0 amide bonds. The number of nitrogens with one attached hydrogen (secondary N) is 1. The van der Waals surface area contributed by atoms with E-state index in [0.717, 1.165) is 21.7 Å². The monoisotopic (exact) mass is 315 g/mol. The Kier molecular flexibility index (Phi) is 3.08. The smallest absolute Gasteiger partial charge is 0.225 e. The van der Waals surface area contributed by atoms with Gasteiger partial charge in [-0.25, -0.2) is 4.98 Å². The zero-order valence-corrected chi connectivity index (χ0v) is 13.2. The van der Waals surface area contributed by atoms with Gasteiger partial charge in [-0.1, -0.05) is 6.07 Å². The van der Waals surface area contributed by atoms with Gasteiger partial charge in [0.2, 0.25) is 5.28 Å². The predicted octanol–water partition coefficient (Wildman–Crippen LogP) is 4.89. The minimum atomic E-state index is 0.285. The van der Waals surface area contributed by atoms with E-state index in [1.54, 1.807) is 11.3 Å². The molecule has 4 rings (SSSR count). The van der Waals surface area contributed by atoms with Gasteiger partial charge in [0, 0.05) is 10.6 Å². The largest absolute Gasteiger partial charge is 0.340 e. The van der Waals surface area contributed by atoms with Crippen LogP contribution in [0.15, 0.2) is 24.3 Å². The van der Waals surface area contributed by atoms with Gasteiger partial charge in [-0.05, 0) is 67.1 Å². The van der Waals surface area contributed by atoms with Gasteiger partial charge in [-0.15, -0.1) is 11.3 Å². The van der Waals surface area contributed by atoms with E-state index < -0.39 is 0 Å². The van der Waals surface area contributed by atoms with Crippen LogP contribution in [0.3, 0.4) is 0 Å². The van der Waals surface area contributed by atoms with Crippen molar-refractivity contribution in [2.45, 2.75) is 26.2 Å². The molecule has 0 saturated heterocycles. The third kappa shape index (κ3) is 2.39. The normalized spacial score (nSPS) is 13.6. The predicted molar refractivity (Wildman–Crippen MR) is 88.9 cm³/mol. The van der Waals surface area contributed by atoms with Crippen molar-refractivity contribution in [3.8, 4) is 0 Å². The Morgan fingerprint density at radius 3 is 2.90 bits per heavy atom. The summed E-state index contributed by atoms with van der Waals surface area (Å²) in [5, 5.41) is 4.72. The lowest BCUT2D eigenvalue weighted by Crippen LogP contribution is -1.97. The maximum atomic E-state index is 6.04. The van der Waals surface area contributed by atoms with E-state index in [9.17, 15) is 0 Å². The molecule has 3 aromatic rings. The molecule has 0 atom stereocenters. The molecule has 1 N–H and O–H groups in total. The van der Waals surface area contributed by atoms with Crippen LogP contribution < -0.4 is 5.32 Å². The second-order valence-corrected chi connectivity index (χ2v) is 6.95. The molecule has 1 aliphatic carbocycles. The standard InChI is InChI=1S/C16H14ClN3S/c1-9-7-13-14(19-16(17)20-15(13)21-9)18-12-6-5-10-3-2-4-11(10)8-12/h5-8H,2-4H2,1H3,(H,18,19,20). The van der Waals surface area contributed by atoms with Crippen LogP contribution in [0, 0.1) is 6.92 Å². The van der Waals surface area contributed by atoms with Crippen molar-refractivity contribution in [1.82, 2.24) is 9.97 Å². The van der Waals surface area contributed by atoms with E-state index in [-0.39, 0.29) is 5.28 Å². The summed E-state index contributed by atoms with van der Waals surface area (Å²) in [7, 11) is 0. The van der Waals surface area contributed by atoms with Crippen LogP contribution in [0.1, 0.15) is 22.4 Å². The van der Waals surface area contributed by atoms with Crippen molar-refractivity contribution in [3.63, 3.8) is 0 Å². The van der Waals surface area contributed by atoms with Gasteiger partial charge < -0.3 is 5.32 Å². The fourth-order valence-corrected chi connectivity index (χ4v) is 4.00. The number of halogens is 1. The molecule has 0 radical (unpaired) electrons. The van der Waals surface area contributed by atoms with Crippen molar-refractivity contribution in [2.75, 3.05) is 5.32 Å². The zero-order valence-electron chi connectivity index (χ0n) is 11.6. The minimum Gasteiger partial charge on any atom is -0.340 e. The first kappa shape index (κ1) is 13.0. The van der Waals surface area contributed by atoms with Crippen LogP contribution in [0.2, 0.25) is 5.28 Å². The number of rotatable bonds is 2. The van der Waals surface area contributed by atoms with Gasteiger partial charge in [0.15, 0.2) is 0 Å². The average molecular weight is 316 g/mol. The Hall–Kier alpha value is -1.65. The summed E-state index contributed by atoms with van der Waals surface area (Å²) in [6.07, 6.45) is 3.62. The maximum absolute atomic E-state index is 6.04. The van der Waals surface area contributed by atoms with Crippen molar-refractivity contribution in [2.24, 2.45) is 0 Å². The Balaban J connectivity index is 1.77. The van der Waals surface area contributed by atoms with Gasteiger partial charge >= 0.3 is 0 Å². The molecule has 0 aliphatic heterocycles. The van der Waals surface area contributed by atoms with Crippen LogP contribution in [0.25, 0.3) is 10.2 Å². The van der Waals surface area contributed by atoms with Crippen LogP contribution in [-0.2, 0) is 12.8 Å². The number of anilines is 2. The van der Waals surface area contributed by atoms with Crippen molar-refractivity contribution >= 4 is 44.7 Å². The van der Waals surface area contributed by atoms with Gasteiger partial charge in [0.25, 0.3) is 0 Å². The summed E-state index contributed by atoms with van der Waals surface area (Å²) >= 11 is 7.67. The number of aromatic nitrogens is 2. The number of benzene rings is 1. The molecule has 1 aliphatic rings. The number of hydrogen-bond donors (Lipinski definition) is 1. The number of aryl methyl sites for hydroxylation is 3. The molecule has 0 fully saturated rings. The lowest BCUT2D eigenvalue weighted by molar-refractivity contribution is 0.912. The highest BCUT2D eigenvalue weighted by Gasteiger charge is 2.13. The first-order valence-electron chi connectivity index (χ1n) is 7.01. The number of nitrogens with zero attached hydrogens (tertiary/aromatic N) is 2. The van der Waals surface area contributed by atoms with Crippen LogP contribution >= 0.6 is 22.9 Å². The van der Waals surface area contributed by atoms with Crippen molar-refractivity contribution < 1.29 is 0 Å². The molecule has 0 bridgehead atoms. The zero-order chi connectivity index (χ0) is 14.4. The second-order valence-electron chi connectivity index (χ2n) is 5.38. The first-order valence-corrected chi connectivity index (χ1v) is 8.21. The quantitative estimate of drug-likeness (QED) is 0.684. The summed E-state index contributed by atoms with van der Waals surface area (Å²) in [6.45, 7) is 2.07. The summed E-state index contributed by atoms with van der Waals surface area (Å²) in [6, 6.07) is 8.66. The Morgan fingerprint density at radius 1 is 1.14 bits per heavy atom. The summed E-state index contributed by atoms with van der Waals surface area (Å²) in [5.41, 5.74) is 3.98. The molecule has 0 saturated carbocycles. The van der Waals surface area contributed by atoms with E-state index in [1.165, 1.54) is 35.3 Å². The third-order valence-corrected chi connectivity index (χ3v) is 4.96. The molecule has 1 aromatic carbocycles. The Morgan fingerprint density at radius 2 is 2.00 bits per heavy atom. The van der Waals surface area contributed by atoms with Gasteiger partial charge in [0.05, 0.1) is 5.39 Å². The summed E-state index contributed by atoms with van der Waals surface area (Å²) in [5.74, 6) is 0.785. The molecule has 0 spiro atoms. The van der Waals surface area contributed by atoms with E-state index in [4.69, 9.17) is 11.6 Å². The molecule has 3 nitrogen and oxygen atoms in total. The van der Waals surface area contributed by atoms with Gasteiger partial charge in [-0.2, -0.15) is 4.98 Å². The van der Waals surface area contributed by atoms with E-state index in [2.05, 4.69) is 46.5 Å². The fourth-order valence-electron chi connectivity index (χ4n) is 2.90. The number of thiophene rings is 1. The van der Waals surface area contributed by atoms with E-state index >= 15 is 0 Å². The number of fused-ring (bicyclic) bond motifs is 2. The van der Waals surface area contributed by atoms with Crippen LogP contribution in [0.5, 0.6) is 0 Å². The highest BCUT2D eigenvalue weighted by Crippen LogP contribution is 2.32. The summed E-state index contributed by atoms with van der Waals surface area (Å²) < 4.78 is 0. The highest BCUT2D eigenvalue weighted by molar-refractivity contribution is 7.18. The van der Waals surface area contributed by atoms with E-state index in [1.807, 2.05) is 0 Å². The SMILES string of the molecule is Cc1cc2c(Nc3ccc4c(c3)CCC4)nc(Cl)nc2s1. The molecule has 21 heavy (non-hydrogen) atoms. The van der Waals surface area contributed by atoms with E-state index in [0.29, 0.717) is 0 Å². The summed E-state index contributed by atoms with van der Waals surface area (Å²) in [4.78, 5) is 10.8. The van der Waals surface area contributed by atoms with Crippen molar-refractivity contribution in [3.05, 3.63) is 45.6 Å². The van der Waals surface area contributed by atoms with Crippen molar-refractivity contribution in [1.29, 1.82) is 0 Å². The molecular weight excluding hydrogens is 302 g/mol. The Bertz CT molecular complexity index is 841. The second kappa shape index (κ2) is 4.97. The van der Waals surface area contributed by atoms with Gasteiger partial charge in [0.1, 0.15) is 10.6 Å². The molecule has 5 heteroatoms. The Labute approximate surface area is 132 Å². The van der Waals surface area contributed by atoms with Crippen LogP contribution in [0.4, 0.5) is 11.5 Å². The number of hydrogen-bond acceptors (Lipinski definition) is 4. The topological polar surface area (TPSA) is 37.8 Å². The molecule has 2 heterocycles. The first-order chi connectivity index (χ1) is 10.2. The molecular formula is C16H14ClN3S. The fraction of sp³-hybridized carbons (Fsp3) is 0.250. The lowest BCUT2D eigenvalue weighted by Gasteiger charge is -2.09. The molecule has 106 valence electrons. The lowest BCUT2D eigenvalue weighted by atomic mass is 10.1. The average Bonchev–Trinajstić information content (AvgIpc) is 3.03.